The largest absolute Gasteiger partial charge is 0.444 e. The molecule has 0 saturated heterocycles. The quantitative estimate of drug-likeness (QED) is 0.743. The average molecular weight is 367 g/mol. The fourth-order valence-electron chi connectivity index (χ4n) is 3.50. The van der Waals surface area contributed by atoms with E-state index in [1.807, 2.05) is 45.0 Å². The summed E-state index contributed by atoms with van der Waals surface area (Å²) in [6.45, 7) is 10.7. The Kier molecular flexibility index (Phi) is 5.18. The maximum absolute atomic E-state index is 11.7. The van der Waals surface area contributed by atoms with Crippen LogP contribution in [0.25, 0.3) is 0 Å². The maximum Gasteiger partial charge on any atom is 0.407 e. The van der Waals surface area contributed by atoms with Crippen LogP contribution >= 0.6 is 0 Å². The molecule has 27 heavy (non-hydrogen) atoms. The summed E-state index contributed by atoms with van der Waals surface area (Å²) in [7, 11) is 0. The lowest BCUT2D eigenvalue weighted by Crippen LogP contribution is -2.32. The second-order valence-electron chi connectivity index (χ2n) is 9.18. The number of nitrogens with one attached hydrogen (secondary N) is 2. The van der Waals surface area contributed by atoms with E-state index in [0.29, 0.717) is 12.0 Å². The molecule has 1 amide bonds. The Morgan fingerprint density at radius 3 is 2.30 bits per heavy atom. The Bertz CT molecular complexity index is 817. The summed E-state index contributed by atoms with van der Waals surface area (Å²) in [6.07, 6.45) is 1.89. The van der Waals surface area contributed by atoms with E-state index in [1.165, 1.54) is 11.1 Å². The van der Waals surface area contributed by atoms with Crippen molar-refractivity contribution in [2.75, 3.05) is 5.32 Å². The molecule has 0 atom stereocenters. The van der Waals surface area contributed by atoms with Gasteiger partial charge in [-0.1, -0.05) is 32.0 Å². The van der Waals surface area contributed by atoms with Gasteiger partial charge >= 0.3 is 6.09 Å². The number of hydrogen-bond donors (Lipinski definition) is 2. The fourth-order valence-corrected chi connectivity index (χ4v) is 3.50. The lowest BCUT2D eigenvalue weighted by Gasteiger charge is -2.19. The van der Waals surface area contributed by atoms with Gasteiger partial charge < -0.3 is 15.4 Å². The molecule has 2 N–H and O–H groups in total. The first kappa shape index (κ1) is 19.3. The van der Waals surface area contributed by atoms with Crippen LogP contribution in [0, 0.1) is 5.41 Å². The van der Waals surface area contributed by atoms with Crippen molar-refractivity contribution in [2.24, 2.45) is 5.41 Å². The summed E-state index contributed by atoms with van der Waals surface area (Å²) < 4.78 is 5.25. The molecule has 0 spiro atoms. The number of rotatable bonds is 4. The molecular formula is C23H30N2O2. The van der Waals surface area contributed by atoms with Gasteiger partial charge in [0.25, 0.3) is 0 Å². The molecule has 2 aromatic rings. The van der Waals surface area contributed by atoms with Gasteiger partial charge in [0.2, 0.25) is 0 Å². The van der Waals surface area contributed by atoms with Gasteiger partial charge in [0, 0.05) is 17.9 Å². The van der Waals surface area contributed by atoms with Crippen LogP contribution in [0.4, 0.5) is 16.2 Å². The van der Waals surface area contributed by atoms with Gasteiger partial charge in [0.05, 0.1) is 0 Å². The monoisotopic (exact) mass is 366 g/mol. The second kappa shape index (κ2) is 7.26. The Balaban J connectivity index is 1.56. The Morgan fingerprint density at radius 2 is 1.63 bits per heavy atom. The number of carbonyl (C=O) groups excluding carboxylic acids is 1. The molecule has 0 aliphatic heterocycles. The number of carbonyl (C=O) groups is 1. The lowest BCUT2D eigenvalue weighted by atomic mass is 9.90. The van der Waals surface area contributed by atoms with Crippen LogP contribution in [-0.2, 0) is 24.1 Å². The first-order valence-corrected chi connectivity index (χ1v) is 9.54. The average Bonchev–Trinajstić information content (AvgIpc) is 2.86. The Labute approximate surface area is 162 Å². The molecule has 0 radical (unpaired) electrons. The molecule has 2 aromatic carbocycles. The van der Waals surface area contributed by atoms with Crippen molar-refractivity contribution >= 4 is 17.5 Å². The molecule has 0 aromatic heterocycles. The number of alkyl carbamates (subject to hydrolysis) is 1. The first-order chi connectivity index (χ1) is 12.6. The van der Waals surface area contributed by atoms with Crippen LogP contribution in [0.5, 0.6) is 0 Å². The minimum Gasteiger partial charge on any atom is -0.444 e. The van der Waals surface area contributed by atoms with Gasteiger partial charge in [-0.25, -0.2) is 4.79 Å². The van der Waals surface area contributed by atoms with Crippen molar-refractivity contribution in [3.05, 3.63) is 59.2 Å². The standard InChI is InChI=1S/C23H30N2O2/c1-22(2,3)27-21(26)24-15-16-6-9-19(10-7-16)25-20-11-8-17-13-23(4,5)14-18(17)12-20/h6-12,25H,13-15H2,1-5H3,(H,24,26). The Morgan fingerprint density at radius 1 is 1.00 bits per heavy atom. The molecule has 1 aliphatic rings. The highest BCUT2D eigenvalue weighted by molar-refractivity contribution is 5.68. The van der Waals surface area contributed by atoms with Gasteiger partial charge in [-0.3, -0.25) is 0 Å². The number of anilines is 2. The van der Waals surface area contributed by atoms with E-state index < -0.39 is 11.7 Å². The van der Waals surface area contributed by atoms with Crippen molar-refractivity contribution in [1.82, 2.24) is 5.32 Å². The van der Waals surface area contributed by atoms with E-state index in [9.17, 15) is 4.79 Å². The van der Waals surface area contributed by atoms with Crippen molar-refractivity contribution < 1.29 is 9.53 Å². The van der Waals surface area contributed by atoms with E-state index in [0.717, 1.165) is 29.8 Å². The van der Waals surface area contributed by atoms with Gasteiger partial charge in [0.15, 0.2) is 0 Å². The third-order valence-electron chi connectivity index (χ3n) is 4.62. The van der Waals surface area contributed by atoms with Crippen LogP contribution in [0.15, 0.2) is 42.5 Å². The summed E-state index contributed by atoms with van der Waals surface area (Å²) >= 11 is 0. The van der Waals surface area contributed by atoms with Crippen LogP contribution < -0.4 is 10.6 Å². The number of benzene rings is 2. The van der Waals surface area contributed by atoms with Gasteiger partial charge in [0.1, 0.15) is 5.60 Å². The summed E-state index contributed by atoms with van der Waals surface area (Å²) in [5, 5.41) is 6.25. The zero-order chi connectivity index (χ0) is 19.7. The van der Waals surface area contributed by atoms with E-state index in [-0.39, 0.29) is 0 Å². The molecule has 0 bridgehead atoms. The molecule has 0 heterocycles. The van der Waals surface area contributed by atoms with Crippen molar-refractivity contribution in [3.8, 4) is 0 Å². The molecule has 0 unspecified atom stereocenters. The third-order valence-corrected chi connectivity index (χ3v) is 4.62. The zero-order valence-corrected chi connectivity index (χ0v) is 17.0. The fraction of sp³-hybridized carbons (Fsp3) is 0.435. The van der Waals surface area contributed by atoms with Crippen LogP contribution in [0.3, 0.4) is 0 Å². The number of amides is 1. The third kappa shape index (κ3) is 5.49. The molecule has 144 valence electrons. The van der Waals surface area contributed by atoms with Crippen LogP contribution in [0.2, 0.25) is 0 Å². The Hall–Kier alpha value is -2.49. The minimum absolute atomic E-state index is 0.365. The minimum atomic E-state index is -0.483. The molecule has 4 heteroatoms. The van der Waals surface area contributed by atoms with Crippen molar-refractivity contribution in [3.63, 3.8) is 0 Å². The molecule has 0 fully saturated rings. The number of fused-ring (bicyclic) bond motifs is 1. The van der Waals surface area contributed by atoms with Gasteiger partial charge in [-0.2, -0.15) is 0 Å². The van der Waals surface area contributed by atoms with Gasteiger partial charge in [-0.15, -0.1) is 0 Å². The van der Waals surface area contributed by atoms with Crippen LogP contribution in [0.1, 0.15) is 51.3 Å². The van der Waals surface area contributed by atoms with E-state index >= 15 is 0 Å². The highest BCUT2D eigenvalue weighted by Gasteiger charge is 2.28. The molecule has 3 rings (SSSR count). The first-order valence-electron chi connectivity index (χ1n) is 9.54. The summed E-state index contributed by atoms with van der Waals surface area (Å²) in [4.78, 5) is 11.7. The highest BCUT2D eigenvalue weighted by atomic mass is 16.6. The molecular weight excluding hydrogens is 336 g/mol. The van der Waals surface area contributed by atoms with E-state index in [1.54, 1.807) is 0 Å². The van der Waals surface area contributed by atoms with E-state index in [2.05, 4.69) is 42.7 Å². The summed E-state index contributed by atoms with van der Waals surface area (Å²) in [6, 6.07) is 14.7. The maximum atomic E-state index is 11.7. The second-order valence-corrected chi connectivity index (χ2v) is 9.18. The summed E-state index contributed by atoms with van der Waals surface area (Å²) in [5.74, 6) is 0. The highest BCUT2D eigenvalue weighted by Crippen LogP contribution is 2.37. The predicted octanol–water partition coefficient (Wildman–Crippen LogP) is 5.58. The SMILES string of the molecule is CC1(C)Cc2ccc(Nc3ccc(CNC(=O)OC(C)(C)C)cc3)cc2C1. The summed E-state index contributed by atoms with van der Waals surface area (Å²) in [5.41, 5.74) is 5.98. The molecule has 4 nitrogen and oxygen atoms in total. The number of hydrogen-bond acceptors (Lipinski definition) is 3. The smallest absolute Gasteiger partial charge is 0.407 e. The van der Waals surface area contributed by atoms with E-state index in [4.69, 9.17) is 4.74 Å². The van der Waals surface area contributed by atoms with Crippen molar-refractivity contribution in [1.29, 1.82) is 0 Å². The molecule has 1 aliphatic carbocycles. The number of ether oxygens (including phenoxy) is 1. The zero-order valence-electron chi connectivity index (χ0n) is 17.0. The predicted molar refractivity (Wildman–Crippen MR) is 110 cm³/mol. The lowest BCUT2D eigenvalue weighted by molar-refractivity contribution is 0.0523. The normalized spacial score (nSPS) is 15.1. The van der Waals surface area contributed by atoms with Crippen LogP contribution in [-0.4, -0.2) is 11.7 Å². The van der Waals surface area contributed by atoms with Gasteiger partial charge in [-0.05, 0) is 80.0 Å². The topological polar surface area (TPSA) is 50.4 Å². The molecule has 0 saturated carbocycles. The van der Waals surface area contributed by atoms with Crippen molar-refractivity contribution in [2.45, 2.75) is 59.6 Å².